The lowest BCUT2D eigenvalue weighted by Crippen LogP contribution is -2.35. The third kappa shape index (κ3) is 2.66. The van der Waals surface area contributed by atoms with Crippen molar-refractivity contribution in [3.8, 4) is 0 Å². The predicted molar refractivity (Wildman–Crippen MR) is 61.9 cm³/mol. The standard InChI is InChI=1S/C12H20ClNO/c1-8(7-13)14-12(15)6-11-5-9-2-3-10(11)4-9/h8-11H,2-7H2,1H3,(H,14,15). The Balaban J connectivity index is 1.75. The molecular formula is C12H20ClNO. The molecule has 0 aliphatic heterocycles. The van der Waals surface area contributed by atoms with Crippen molar-refractivity contribution in [3.63, 3.8) is 0 Å². The lowest BCUT2D eigenvalue weighted by molar-refractivity contribution is -0.122. The summed E-state index contributed by atoms with van der Waals surface area (Å²) in [5.74, 6) is 3.12. The number of carbonyl (C=O) groups excluding carboxylic acids is 1. The number of alkyl halides is 1. The van der Waals surface area contributed by atoms with Gasteiger partial charge in [-0.1, -0.05) is 6.42 Å². The summed E-state index contributed by atoms with van der Waals surface area (Å²) in [6.45, 7) is 1.95. The molecule has 4 unspecified atom stereocenters. The van der Waals surface area contributed by atoms with E-state index >= 15 is 0 Å². The van der Waals surface area contributed by atoms with E-state index in [1.807, 2.05) is 6.92 Å². The van der Waals surface area contributed by atoms with Gasteiger partial charge in [-0.2, -0.15) is 0 Å². The van der Waals surface area contributed by atoms with Crippen molar-refractivity contribution in [1.29, 1.82) is 0 Å². The normalized spacial score (nSPS) is 35.5. The molecule has 0 aromatic carbocycles. The van der Waals surface area contributed by atoms with Crippen LogP contribution in [0.3, 0.4) is 0 Å². The summed E-state index contributed by atoms with van der Waals surface area (Å²) in [5, 5.41) is 2.95. The molecule has 2 rings (SSSR count). The molecule has 0 spiro atoms. The Hall–Kier alpha value is -0.240. The third-order valence-corrected chi connectivity index (χ3v) is 4.43. The lowest BCUT2D eigenvalue weighted by Gasteiger charge is -2.21. The van der Waals surface area contributed by atoms with Gasteiger partial charge in [0.25, 0.3) is 0 Å². The highest BCUT2D eigenvalue weighted by atomic mass is 35.5. The van der Waals surface area contributed by atoms with Gasteiger partial charge >= 0.3 is 0 Å². The Kier molecular flexibility index (Phi) is 3.55. The van der Waals surface area contributed by atoms with E-state index in [-0.39, 0.29) is 11.9 Å². The lowest BCUT2D eigenvalue weighted by atomic mass is 9.86. The van der Waals surface area contributed by atoms with E-state index in [1.54, 1.807) is 0 Å². The molecule has 15 heavy (non-hydrogen) atoms. The van der Waals surface area contributed by atoms with Crippen LogP contribution in [0.2, 0.25) is 0 Å². The molecule has 1 N–H and O–H groups in total. The molecule has 2 nitrogen and oxygen atoms in total. The SMILES string of the molecule is CC(CCl)NC(=O)CC1CC2CCC1C2. The van der Waals surface area contributed by atoms with Gasteiger partial charge < -0.3 is 5.32 Å². The van der Waals surface area contributed by atoms with Gasteiger partial charge in [-0.15, -0.1) is 11.6 Å². The first-order valence-corrected chi connectivity index (χ1v) is 6.57. The van der Waals surface area contributed by atoms with Crippen LogP contribution in [0, 0.1) is 17.8 Å². The summed E-state index contributed by atoms with van der Waals surface area (Å²) in [4.78, 5) is 11.7. The largest absolute Gasteiger partial charge is 0.352 e. The summed E-state index contributed by atoms with van der Waals surface area (Å²) < 4.78 is 0. The van der Waals surface area contributed by atoms with Crippen LogP contribution in [-0.2, 0) is 4.79 Å². The van der Waals surface area contributed by atoms with Gasteiger partial charge in [0.05, 0.1) is 0 Å². The van der Waals surface area contributed by atoms with Crippen LogP contribution in [0.4, 0.5) is 0 Å². The summed E-state index contributed by atoms with van der Waals surface area (Å²) in [6.07, 6.45) is 6.15. The zero-order chi connectivity index (χ0) is 10.8. The maximum atomic E-state index is 11.7. The van der Waals surface area contributed by atoms with Gasteiger partial charge in [-0.25, -0.2) is 0 Å². The first kappa shape index (κ1) is 11.3. The van der Waals surface area contributed by atoms with Gasteiger partial charge in [-0.3, -0.25) is 4.79 Å². The first-order valence-electron chi connectivity index (χ1n) is 6.04. The Morgan fingerprint density at radius 2 is 2.27 bits per heavy atom. The Labute approximate surface area is 96.8 Å². The fourth-order valence-electron chi connectivity index (χ4n) is 3.24. The minimum Gasteiger partial charge on any atom is -0.352 e. The first-order chi connectivity index (χ1) is 7.19. The average Bonchev–Trinajstić information content (AvgIpc) is 2.78. The molecule has 2 fully saturated rings. The van der Waals surface area contributed by atoms with Crippen LogP contribution in [0.5, 0.6) is 0 Å². The van der Waals surface area contributed by atoms with Crippen molar-refractivity contribution in [2.45, 2.75) is 45.1 Å². The number of rotatable bonds is 4. The molecule has 86 valence electrons. The number of nitrogens with one attached hydrogen (secondary N) is 1. The minimum absolute atomic E-state index is 0.109. The molecule has 0 heterocycles. The molecule has 3 heteroatoms. The van der Waals surface area contributed by atoms with Gasteiger partial charge in [0, 0.05) is 18.3 Å². The number of halogens is 1. The molecule has 1 amide bonds. The van der Waals surface area contributed by atoms with Gasteiger partial charge in [0.2, 0.25) is 5.91 Å². The zero-order valence-corrected chi connectivity index (χ0v) is 10.1. The highest BCUT2D eigenvalue weighted by molar-refractivity contribution is 6.18. The maximum Gasteiger partial charge on any atom is 0.220 e. The number of carbonyl (C=O) groups is 1. The van der Waals surface area contributed by atoms with E-state index in [0.717, 1.165) is 18.3 Å². The number of hydrogen-bond donors (Lipinski definition) is 1. The Bertz CT molecular complexity index is 244. The fraction of sp³-hybridized carbons (Fsp3) is 0.917. The maximum absolute atomic E-state index is 11.7. The smallest absolute Gasteiger partial charge is 0.220 e. The third-order valence-electron chi connectivity index (χ3n) is 3.97. The average molecular weight is 230 g/mol. The number of amides is 1. The molecule has 0 radical (unpaired) electrons. The van der Waals surface area contributed by atoms with E-state index in [4.69, 9.17) is 11.6 Å². The van der Waals surface area contributed by atoms with E-state index in [1.165, 1.54) is 25.7 Å². The van der Waals surface area contributed by atoms with Crippen LogP contribution in [0.25, 0.3) is 0 Å². The van der Waals surface area contributed by atoms with Crippen molar-refractivity contribution in [1.82, 2.24) is 5.32 Å². The second kappa shape index (κ2) is 4.73. The molecule has 2 bridgehead atoms. The van der Waals surface area contributed by atoms with Crippen LogP contribution in [-0.4, -0.2) is 17.8 Å². The summed E-state index contributed by atoms with van der Waals surface area (Å²) >= 11 is 5.66. The molecule has 0 aromatic heterocycles. The fourth-order valence-corrected chi connectivity index (χ4v) is 3.31. The van der Waals surface area contributed by atoms with Crippen molar-refractivity contribution in [3.05, 3.63) is 0 Å². The minimum atomic E-state index is 0.109. The van der Waals surface area contributed by atoms with Crippen LogP contribution >= 0.6 is 11.6 Å². The Morgan fingerprint density at radius 3 is 2.80 bits per heavy atom. The van der Waals surface area contributed by atoms with E-state index in [9.17, 15) is 4.79 Å². The summed E-state index contributed by atoms with van der Waals surface area (Å²) in [5.41, 5.74) is 0. The Morgan fingerprint density at radius 1 is 1.47 bits per heavy atom. The molecule has 4 atom stereocenters. The highest BCUT2D eigenvalue weighted by Crippen LogP contribution is 2.49. The molecular weight excluding hydrogens is 210 g/mol. The van der Waals surface area contributed by atoms with Crippen molar-refractivity contribution in [2.75, 3.05) is 5.88 Å². The summed E-state index contributed by atoms with van der Waals surface area (Å²) in [7, 11) is 0. The molecule has 0 saturated heterocycles. The second-order valence-electron chi connectivity index (χ2n) is 5.26. The van der Waals surface area contributed by atoms with Crippen molar-refractivity contribution < 1.29 is 4.79 Å². The van der Waals surface area contributed by atoms with Gasteiger partial charge in [0.15, 0.2) is 0 Å². The topological polar surface area (TPSA) is 29.1 Å². The van der Waals surface area contributed by atoms with E-state index in [2.05, 4.69) is 5.32 Å². The second-order valence-corrected chi connectivity index (χ2v) is 5.57. The van der Waals surface area contributed by atoms with Crippen LogP contribution in [0.1, 0.15) is 39.0 Å². The van der Waals surface area contributed by atoms with Gasteiger partial charge in [-0.05, 0) is 43.9 Å². The monoisotopic (exact) mass is 229 g/mol. The quantitative estimate of drug-likeness (QED) is 0.738. The molecule has 0 aromatic rings. The van der Waals surface area contributed by atoms with Gasteiger partial charge in [0.1, 0.15) is 0 Å². The van der Waals surface area contributed by atoms with Crippen LogP contribution < -0.4 is 5.32 Å². The highest BCUT2D eigenvalue weighted by Gasteiger charge is 2.40. The van der Waals surface area contributed by atoms with Crippen molar-refractivity contribution >= 4 is 17.5 Å². The number of hydrogen-bond acceptors (Lipinski definition) is 1. The number of fused-ring (bicyclic) bond motifs is 2. The van der Waals surface area contributed by atoms with Crippen molar-refractivity contribution in [2.24, 2.45) is 17.8 Å². The summed E-state index contributed by atoms with van der Waals surface area (Å²) in [6, 6.07) is 0.109. The van der Waals surface area contributed by atoms with E-state index in [0.29, 0.717) is 11.8 Å². The molecule has 2 saturated carbocycles. The predicted octanol–water partition coefficient (Wildman–Crippen LogP) is 2.56. The zero-order valence-electron chi connectivity index (χ0n) is 9.34. The molecule has 2 aliphatic carbocycles. The van der Waals surface area contributed by atoms with E-state index < -0.39 is 0 Å². The molecule has 2 aliphatic rings. The van der Waals surface area contributed by atoms with Crippen LogP contribution in [0.15, 0.2) is 0 Å².